The molecule has 0 fully saturated rings. The molecule has 5 rings (SSSR count). The zero-order chi connectivity index (χ0) is 24.6. The molecule has 0 aliphatic rings. The van der Waals surface area contributed by atoms with Crippen LogP contribution in [0, 0.1) is 0 Å². The van der Waals surface area contributed by atoms with Crippen LogP contribution in [-0.4, -0.2) is 10.0 Å². The molecular formula is C34H31NO. The molecule has 0 spiro atoms. The Bertz CT molecular complexity index is 1240. The number of hydrogen-bond donors (Lipinski definition) is 1. The van der Waals surface area contributed by atoms with Crippen molar-refractivity contribution in [2.75, 3.05) is 0 Å². The molecule has 0 saturated carbocycles. The van der Waals surface area contributed by atoms with Crippen LogP contribution in [0.1, 0.15) is 33.9 Å². The molecule has 0 amide bonds. The van der Waals surface area contributed by atoms with Gasteiger partial charge in [0.25, 0.3) is 0 Å². The Balaban J connectivity index is 1.72. The summed E-state index contributed by atoms with van der Waals surface area (Å²) in [5.41, 5.74) is 3.94. The van der Waals surface area contributed by atoms with Crippen molar-refractivity contribution in [2.24, 2.45) is 0 Å². The third-order valence-corrected chi connectivity index (χ3v) is 6.76. The number of rotatable bonds is 9. The van der Waals surface area contributed by atoms with Gasteiger partial charge in [-0.05, 0) is 27.8 Å². The van der Waals surface area contributed by atoms with Crippen molar-refractivity contribution in [3.63, 3.8) is 0 Å². The fourth-order valence-electron chi connectivity index (χ4n) is 5.09. The zero-order valence-electron chi connectivity index (χ0n) is 20.3. The molecule has 0 aliphatic carbocycles. The summed E-state index contributed by atoms with van der Waals surface area (Å²) in [6.45, 7) is 1.38. The van der Waals surface area contributed by atoms with Gasteiger partial charge in [-0.3, -0.25) is 4.90 Å². The maximum atomic E-state index is 13.0. The van der Waals surface area contributed by atoms with E-state index in [2.05, 4.69) is 77.7 Å². The molecule has 1 atom stereocenters. The van der Waals surface area contributed by atoms with E-state index in [1.165, 1.54) is 11.1 Å². The molecule has 0 heterocycles. The van der Waals surface area contributed by atoms with Gasteiger partial charge in [-0.25, -0.2) is 0 Å². The molecule has 5 aromatic carbocycles. The summed E-state index contributed by atoms with van der Waals surface area (Å²) in [6, 6.07) is 51.2. The average Bonchev–Trinajstić information content (AvgIpc) is 2.96. The van der Waals surface area contributed by atoms with Crippen LogP contribution in [0.5, 0.6) is 0 Å². The van der Waals surface area contributed by atoms with E-state index in [1.54, 1.807) is 0 Å². The quantitative estimate of drug-likeness (QED) is 0.244. The highest BCUT2D eigenvalue weighted by molar-refractivity contribution is 5.42. The largest absolute Gasteiger partial charge is 0.378 e. The first-order valence-electron chi connectivity index (χ1n) is 12.5. The first-order valence-corrected chi connectivity index (χ1v) is 12.5. The summed E-state index contributed by atoms with van der Waals surface area (Å²) >= 11 is 0. The van der Waals surface area contributed by atoms with Crippen LogP contribution < -0.4 is 0 Å². The maximum Gasteiger partial charge on any atom is 0.134 e. The predicted molar refractivity (Wildman–Crippen MR) is 147 cm³/mol. The van der Waals surface area contributed by atoms with Crippen molar-refractivity contribution in [3.8, 4) is 0 Å². The number of benzene rings is 5. The molecule has 5 aromatic rings. The lowest BCUT2D eigenvalue weighted by atomic mass is 9.76. The molecule has 0 aromatic heterocycles. The van der Waals surface area contributed by atoms with E-state index in [9.17, 15) is 5.11 Å². The lowest BCUT2D eigenvalue weighted by molar-refractivity contribution is -0.0307. The minimum atomic E-state index is -1.28. The van der Waals surface area contributed by atoms with Gasteiger partial charge in [0, 0.05) is 13.1 Å². The summed E-state index contributed by atoms with van der Waals surface area (Å²) in [7, 11) is 0. The molecular weight excluding hydrogens is 438 g/mol. The fourth-order valence-corrected chi connectivity index (χ4v) is 5.09. The summed E-state index contributed by atoms with van der Waals surface area (Å²) in [5.74, 6) is 0. The van der Waals surface area contributed by atoms with Crippen LogP contribution in [0.15, 0.2) is 152 Å². The SMILES string of the molecule is OC(c1ccccc1)(c1ccccc1)[C@H](c1ccccc1)N(Cc1ccccc1)Cc1ccccc1. The van der Waals surface area contributed by atoms with Gasteiger partial charge in [0.1, 0.15) is 5.60 Å². The molecule has 2 nitrogen and oxygen atoms in total. The molecule has 0 radical (unpaired) electrons. The lowest BCUT2D eigenvalue weighted by Gasteiger charge is -2.44. The normalized spacial score (nSPS) is 12.4. The Morgan fingerprint density at radius 2 is 0.806 bits per heavy atom. The monoisotopic (exact) mass is 469 g/mol. The van der Waals surface area contributed by atoms with Crippen LogP contribution in [0.3, 0.4) is 0 Å². The highest BCUT2D eigenvalue weighted by atomic mass is 16.3. The average molecular weight is 470 g/mol. The van der Waals surface area contributed by atoms with E-state index >= 15 is 0 Å². The Kier molecular flexibility index (Phi) is 7.37. The third-order valence-electron chi connectivity index (χ3n) is 6.76. The van der Waals surface area contributed by atoms with Gasteiger partial charge < -0.3 is 5.11 Å². The van der Waals surface area contributed by atoms with Gasteiger partial charge in [0.15, 0.2) is 0 Å². The van der Waals surface area contributed by atoms with E-state index in [4.69, 9.17) is 0 Å². The van der Waals surface area contributed by atoms with E-state index in [0.717, 1.165) is 16.7 Å². The van der Waals surface area contributed by atoms with Crippen LogP contribution >= 0.6 is 0 Å². The number of aliphatic hydroxyl groups is 1. The van der Waals surface area contributed by atoms with Crippen molar-refractivity contribution in [1.82, 2.24) is 4.90 Å². The van der Waals surface area contributed by atoms with Crippen molar-refractivity contribution < 1.29 is 5.11 Å². The van der Waals surface area contributed by atoms with Crippen molar-refractivity contribution in [3.05, 3.63) is 179 Å². The van der Waals surface area contributed by atoms with E-state index in [-0.39, 0.29) is 6.04 Å². The second kappa shape index (κ2) is 11.2. The molecule has 1 N–H and O–H groups in total. The topological polar surface area (TPSA) is 23.5 Å². The minimum absolute atomic E-state index is 0.344. The Morgan fingerprint density at radius 3 is 1.19 bits per heavy atom. The molecule has 0 unspecified atom stereocenters. The highest BCUT2D eigenvalue weighted by Crippen LogP contribution is 2.45. The van der Waals surface area contributed by atoms with Gasteiger partial charge in [0.05, 0.1) is 6.04 Å². The van der Waals surface area contributed by atoms with E-state index in [1.807, 2.05) is 78.9 Å². The van der Waals surface area contributed by atoms with Crippen molar-refractivity contribution in [1.29, 1.82) is 0 Å². The smallest absolute Gasteiger partial charge is 0.134 e. The van der Waals surface area contributed by atoms with Crippen molar-refractivity contribution >= 4 is 0 Å². The van der Waals surface area contributed by atoms with Crippen LogP contribution in [0.2, 0.25) is 0 Å². The third kappa shape index (κ3) is 5.16. The number of nitrogens with zero attached hydrogens (tertiary/aromatic N) is 1. The number of hydrogen-bond acceptors (Lipinski definition) is 2. The molecule has 2 heteroatoms. The van der Waals surface area contributed by atoms with Crippen LogP contribution in [-0.2, 0) is 18.7 Å². The minimum Gasteiger partial charge on any atom is -0.378 e. The first kappa shape index (κ1) is 23.7. The van der Waals surface area contributed by atoms with Crippen molar-refractivity contribution in [2.45, 2.75) is 24.7 Å². The summed E-state index contributed by atoms with van der Waals surface area (Å²) < 4.78 is 0. The van der Waals surface area contributed by atoms with Gasteiger partial charge in [-0.1, -0.05) is 152 Å². The van der Waals surface area contributed by atoms with Crippen LogP contribution in [0.25, 0.3) is 0 Å². The Labute approximate surface area is 214 Å². The zero-order valence-corrected chi connectivity index (χ0v) is 20.3. The molecule has 0 saturated heterocycles. The second-order valence-electron chi connectivity index (χ2n) is 9.19. The Morgan fingerprint density at radius 1 is 0.472 bits per heavy atom. The summed E-state index contributed by atoms with van der Waals surface area (Å²) in [5, 5.41) is 13.0. The van der Waals surface area contributed by atoms with Gasteiger partial charge in [-0.15, -0.1) is 0 Å². The lowest BCUT2D eigenvalue weighted by Crippen LogP contribution is -2.44. The molecule has 36 heavy (non-hydrogen) atoms. The fraction of sp³-hybridized carbons (Fsp3) is 0.118. The van der Waals surface area contributed by atoms with Gasteiger partial charge in [0.2, 0.25) is 0 Å². The molecule has 178 valence electrons. The summed E-state index contributed by atoms with van der Waals surface area (Å²) in [4.78, 5) is 2.40. The highest BCUT2D eigenvalue weighted by Gasteiger charge is 2.44. The summed E-state index contributed by atoms with van der Waals surface area (Å²) in [6.07, 6.45) is 0. The standard InChI is InChI=1S/C34H31NO/c36-34(31-22-12-4-13-23-31,32-24-14-5-15-25-32)33(30-20-10-3-11-21-30)35(26-28-16-6-1-7-17-28)27-29-18-8-2-9-19-29/h1-25,33,36H,26-27H2/t33-/m0/s1. The van der Waals surface area contributed by atoms with Gasteiger partial charge in [-0.2, -0.15) is 0 Å². The second-order valence-corrected chi connectivity index (χ2v) is 9.19. The molecule has 0 aliphatic heterocycles. The van der Waals surface area contributed by atoms with E-state index in [0.29, 0.717) is 13.1 Å². The van der Waals surface area contributed by atoms with Crippen LogP contribution in [0.4, 0.5) is 0 Å². The predicted octanol–water partition coefficient (Wildman–Crippen LogP) is 7.37. The maximum absolute atomic E-state index is 13.0. The Hall–Kier alpha value is -3.98. The van der Waals surface area contributed by atoms with Gasteiger partial charge >= 0.3 is 0 Å². The molecule has 0 bridgehead atoms. The van der Waals surface area contributed by atoms with E-state index < -0.39 is 5.60 Å². The first-order chi connectivity index (χ1) is 17.7.